The van der Waals surface area contributed by atoms with Gasteiger partial charge in [0, 0.05) is 18.0 Å². The molecule has 0 radical (unpaired) electrons. The fraction of sp³-hybridized carbons (Fsp3) is 0.929. The second-order valence-electron chi connectivity index (χ2n) is 6.05. The number of morpholine rings is 1. The van der Waals surface area contributed by atoms with Crippen LogP contribution in [0.1, 0.15) is 47.0 Å². The summed E-state index contributed by atoms with van der Waals surface area (Å²) < 4.78 is 5.71. The molecule has 0 aliphatic carbocycles. The summed E-state index contributed by atoms with van der Waals surface area (Å²) in [6.07, 6.45) is 3.72. The summed E-state index contributed by atoms with van der Waals surface area (Å²) in [4.78, 5) is 3.19. The molecule has 1 aliphatic rings. The number of hydrogen-bond acceptors (Lipinski definition) is 3. The molecule has 2 unspecified atom stereocenters. The van der Waals surface area contributed by atoms with Gasteiger partial charge in [0.25, 0.3) is 0 Å². The van der Waals surface area contributed by atoms with Crippen LogP contribution in [0.5, 0.6) is 0 Å². The molecular weight excluding hydrogens is 244 g/mol. The topological polar surface area (TPSA) is 38.5 Å². The minimum atomic E-state index is -0.0189. The van der Waals surface area contributed by atoms with Crippen molar-refractivity contribution in [3.05, 3.63) is 0 Å². The van der Waals surface area contributed by atoms with Gasteiger partial charge in [0.1, 0.15) is 0 Å². The first-order chi connectivity index (χ1) is 8.36. The van der Waals surface area contributed by atoms with Gasteiger partial charge in [0.15, 0.2) is 0 Å². The predicted molar refractivity (Wildman–Crippen MR) is 80.9 cm³/mol. The zero-order valence-electron chi connectivity index (χ0n) is 12.2. The van der Waals surface area contributed by atoms with Crippen LogP contribution in [-0.2, 0) is 4.74 Å². The van der Waals surface area contributed by atoms with Gasteiger partial charge in [0.2, 0.25) is 0 Å². The van der Waals surface area contributed by atoms with Crippen molar-refractivity contribution >= 4 is 17.2 Å². The molecule has 18 heavy (non-hydrogen) atoms. The molecule has 0 aromatic heterocycles. The van der Waals surface area contributed by atoms with E-state index in [1.165, 1.54) is 0 Å². The minimum absolute atomic E-state index is 0.0189. The van der Waals surface area contributed by atoms with Crippen molar-refractivity contribution in [3.8, 4) is 0 Å². The Morgan fingerprint density at radius 3 is 2.72 bits per heavy atom. The van der Waals surface area contributed by atoms with Crippen LogP contribution in [-0.4, -0.2) is 41.7 Å². The van der Waals surface area contributed by atoms with Crippen LogP contribution in [0.25, 0.3) is 0 Å². The lowest BCUT2D eigenvalue weighted by molar-refractivity contribution is -0.0564. The largest absolute Gasteiger partial charge is 0.393 e. The van der Waals surface area contributed by atoms with Crippen molar-refractivity contribution in [2.24, 2.45) is 11.1 Å². The van der Waals surface area contributed by atoms with Gasteiger partial charge in [-0.25, -0.2) is 0 Å². The lowest BCUT2D eigenvalue weighted by Crippen LogP contribution is -2.49. The van der Waals surface area contributed by atoms with Gasteiger partial charge in [0.05, 0.1) is 17.7 Å². The third kappa shape index (κ3) is 4.48. The maximum absolute atomic E-state index is 5.76. The summed E-state index contributed by atoms with van der Waals surface area (Å²) in [7, 11) is 0. The van der Waals surface area contributed by atoms with E-state index < -0.39 is 0 Å². The Hall–Kier alpha value is -0.190. The number of nitrogens with zero attached hydrogens (tertiary/aromatic N) is 1. The highest BCUT2D eigenvalue weighted by atomic mass is 32.1. The molecule has 2 N–H and O–H groups in total. The van der Waals surface area contributed by atoms with Crippen molar-refractivity contribution in [2.75, 3.05) is 19.7 Å². The van der Waals surface area contributed by atoms with Crippen LogP contribution < -0.4 is 5.73 Å². The van der Waals surface area contributed by atoms with E-state index in [1.54, 1.807) is 0 Å². The van der Waals surface area contributed by atoms with Gasteiger partial charge < -0.3 is 10.5 Å². The van der Waals surface area contributed by atoms with Crippen molar-refractivity contribution in [2.45, 2.75) is 59.1 Å². The lowest BCUT2D eigenvalue weighted by Gasteiger charge is -2.38. The monoisotopic (exact) mass is 272 g/mol. The Morgan fingerprint density at radius 1 is 1.50 bits per heavy atom. The standard InChI is InChI=1S/C14H28N2OS/c1-5-12-10-17-11(2)9-16(12)8-6-7-14(3,4)13(15)18/h11-12H,5-10H2,1-4H3,(H2,15,18). The summed E-state index contributed by atoms with van der Waals surface area (Å²) in [5.41, 5.74) is 5.74. The highest BCUT2D eigenvalue weighted by molar-refractivity contribution is 7.80. The van der Waals surface area contributed by atoms with Crippen LogP contribution in [0.15, 0.2) is 0 Å². The molecule has 1 fully saturated rings. The zero-order chi connectivity index (χ0) is 13.8. The van der Waals surface area contributed by atoms with Crippen LogP contribution in [0.4, 0.5) is 0 Å². The Bertz CT molecular complexity index is 281. The molecule has 0 aromatic rings. The number of nitrogens with two attached hydrogens (primary N) is 1. The van der Waals surface area contributed by atoms with Crippen LogP contribution in [0.3, 0.4) is 0 Å². The van der Waals surface area contributed by atoms with E-state index >= 15 is 0 Å². The lowest BCUT2D eigenvalue weighted by atomic mass is 9.87. The highest BCUT2D eigenvalue weighted by Crippen LogP contribution is 2.24. The van der Waals surface area contributed by atoms with E-state index in [0.29, 0.717) is 17.1 Å². The molecule has 1 heterocycles. The third-order valence-corrected chi connectivity index (χ3v) is 4.52. The Labute approximate surface area is 117 Å². The first-order valence-electron chi connectivity index (χ1n) is 7.02. The molecule has 4 heteroatoms. The average molecular weight is 272 g/mol. The van der Waals surface area contributed by atoms with Gasteiger partial charge >= 0.3 is 0 Å². The summed E-state index contributed by atoms with van der Waals surface area (Å²) in [6.45, 7) is 11.7. The normalized spacial score (nSPS) is 26.2. The molecule has 0 saturated carbocycles. The molecule has 3 nitrogen and oxygen atoms in total. The van der Waals surface area contributed by atoms with Crippen molar-refractivity contribution in [3.63, 3.8) is 0 Å². The molecule has 0 aromatic carbocycles. The summed E-state index contributed by atoms with van der Waals surface area (Å²) >= 11 is 5.11. The Balaban J connectivity index is 2.39. The molecular formula is C14H28N2OS. The van der Waals surface area contributed by atoms with E-state index in [-0.39, 0.29) is 5.41 Å². The Morgan fingerprint density at radius 2 is 2.17 bits per heavy atom. The van der Waals surface area contributed by atoms with E-state index in [1.807, 2.05) is 0 Å². The molecule has 0 spiro atoms. The molecule has 1 saturated heterocycles. The quantitative estimate of drug-likeness (QED) is 0.754. The van der Waals surface area contributed by atoms with E-state index in [4.69, 9.17) is 22.7 Å². The second kappa shape index (κ2) is 6.83. The number of thiocarbonyl (C=S) groups is 1. The molecule has 1 rings (SSSR count). The SMILES string of the molecule is CCC1COC(C)CN1CCCC(C)(C)C(N)=S. The highest BCUT2D eigenvalue weighted by Gasteiger charge is 2.26. The zero-order valence-corrected chi connectivity index (χ0v) is 13.1. The van der Waals surface area contributed by atoms with E-state index in [0.717, 1.165) is 39.0 Å². The molecule has 1 aliphatic heterocycles. The third-order valence-electron chi connectivity index (χ3n) is 3.97. The van der Waals surface area contributed by atoms with Gasteiger partial charge in [-0.2, -0.15) is 0 Å². The summed E-state index contributed by atoms with van der Waals surface area (Å²) in [5.74, 6) is 0. The first-order valence-corrected chi connectivity index (χ1v) is 7.43. The fourth-order valence-electron chi connectivity index (χ4n) is 2.41. The number of rotatable bonds is 6. The van der Waals surface area contributed by atoms with Gasteiger partial charge in [-0.05, 0) is 32.7 Å². The predicted octanol–water partition coefficient (Wildman–Crippen LogP) is 2.58. The van der Waals surface area contributed by atoms with E-state index in [2.05, 4.69) is 32.6 Å². The molecule has 0 bridgehead atoms. The Kier molecular flexibility index (Phi) is 6.02. The van der Waals surface area contributed by atoms with E-state index in [9.17, 15) is 0 Å². The van der Waals surface area contributed by atoms with Gasteiger partial charge in [-0.15, -0.1) is 0 Å². The molecule has 2 atom stereocenters. The van der Waals surface area contributed by atoms with Crippen LogP contribution >= 0.6 is 12.2 Å². The first kappa shape index (κ1) is 15.9. The minimum Gasteiger partial charge on any atom is -0.393 e. The maximum atomic E-state index is 5.76. The number of ether oxygens (including phenoxy) is 1. The second-order valence-corrected chi connectivity index (χ2v) is 6.49. The number of hydrogen-bond donors (Lipinski definition) is 1. The molecule has 106 valence electrons. The molecule has 0 amide bonds. The van der Waals surface area contributed by atoms with Crippen molar-refractivity contribution < 1.29 is 4.74 Å². The maximum Gasteiger partial charge on any atom is 0.0784 e. The van der Waals surface area contributed by atoms with Crippen molar-refractivity contribution in [1.82, 2.24) is 4.90 Å². The summed E-state index contributed by atoms with van der Waals surface area (Å²) in [5, 5.41) is 0. The fourth-order valence-corrected chi connectivity index (χ4v) is 2.51. The summed E-state index contributed by atoms with van der Waals surface area (Å²) in [6, 6.07) is 0.578. The van der Waals surface area contributed by atoms with Crippen LogP contribution in [0, 0.1) is 5.41 Å². The van der Waals surface area contributed by atoms with Gasteiger partial charge in [-0.3, -0.25) is 4.90 Å². The van der Waals surface area contributed by atoms with Crippen LogP contribution in [0.2, 0.25) is 0 Å². The average Bonchev–Trinajstić information content (AvgIpc) is 2.29. The van der Waals surface area contributed by atoms with Gasteiger partial charge in [-0.1, -0.05) is 33.0 Å². The van der Waals surface area contributed by atoms with Crippen molar-refractivity contribution in [1.29, 1.82) is 0 Å². The smallest absolute Gasteiger partial charge is 0.0784 e.